The molecule has 0 aliphatic heterocycles. The van der Waals surface area contributed by atoms with Crippen molar-refractivity contribution in [1.29, 1.82) is 0 Å². The van der Waals surface area contributed by atoms with Crippen molar-refractivity contribution in [1.82, 2.24) is 0 Å². The molecule has 16 heavy (non-hydrogen) atoms. The molecule has 0 radical (unpaired) electrons. The van der Waals surface area contributed by atoms with Gasteiger partial charge in [0.05, 0.1) is 0 Å². The molecular weight excluding hydrogens is 198 g/mol. The van der Waals surface area contributed by atoms with Gasteiger partial charge in [-0.2, -0.15) is 0 Å². The van der Waals surface area contributed by atoms with Crippen molar-refractivity contribution in [2.45, 2.75) is 41.0 Å². The maximum atomic E-state index is 5.87. The van der Waals surface area contributed by atoms with Crippen molar-refractivity contribution in [3.05, 3.63) is 23.5 Å². The minimum atomic E-state index is 0.410. The standard InChI is InChI=1S/C13H23N3/c1-6-7-8-15-13(14)12(11(4)5)16-9-10(2)3/h7-10H,6H2,1-5H3,(H2,14,15)/b8-7+,16-9-. The van der Waals surface area contributed by atoms with Crippen LogP contribution >= 0.6 is 0 Å². The zero-order valence-electron chi connectivity index (χ0n) is 11.0. The van der Waals surface area contributed by atoms with E-state index in [0.717, 1.165) is 17.7 Å². The van der Waals surface area contributed by atoms with Crippen molar-refractivity contribution in [3.8, 4) is 0 Å². The lowest BCUT2D eigenvalue weighted by Crippen LogP contribution is -2.14. The summed E-state index contributed by atoms with van der Waals surface area (Å²) in [6.45, 7) is 10.2. The molecule has 0 rings (SSSR count). The van der Waals surface area contributed by atoms with Crippen LogP contribution in [0.3, 0.4) is 0 Å². The molecule has 0 heterocycles. The molecule has 0 unspecified atom stereocenters. The monoisotopic (exact) mass is 221 g/mol. The molecule has 0 aromatic heterocycles. The molecule has 0 aliphatic rings. The average molecular weight is 221 g/mol. The molecule has 0 aromatic rings. The molecule has 0 atom stereocenters. The molecule has 2 N–H and O–H groups in total. The second-order valence-corrected chi connectivity index (χ2v) is 4.18. The van der Waals surface area contributed by atoms with Gasteiger partial charge in [0, 0.05) is 12.4 Å². The van der Waals surface area contributed by atoms with Gasteiger partial charge in [-0.05, 0) is 31.8 Å². The number of nitrogens with two attached hydrogens (primary N) is 1. The lowest BCUT2D eigenvalue weighted by atomic mass is 10.2. The fourth-order valence-corrected chi connectivity index (χ4v) is 0.975. The first kappa shape index (κ1) is 14.6. The Balaban J connectivity index is 4.89. The fourth-order valence-electron chi connectivity index (χ4n) is 0.975. The van der Waals surface area contributed by atoms with Crippen molar-refractivity contribution in [2.24, 2.45) is 21.6 Å². The summed E-state index contributed by atoms with van der Waals surface area (Å²) >= 11 is 0. The Morgan fingerprint density at radius 2 is 1.94 bits per heavy atom. The van der Waals surface area contributed by atoms with Gasteiger partial charge in [-0.1, -0.05) is 26.8 Å². The van der Waals surface area contributed by atoms with Crippen LogP contribution in [0, 0.1) is 5.92 Å². The van der Waals surface area contributed by atoms with Gasteiger partial charge in [-0.3, -0.25) is 4.99 Å². The SMILES string of the molecule is CC/C=C/N=C(/N)C(/N=C\C(C)C)=C(C)C. The Bertz CT molecular complexity index is 316. The van der Waals surface area contributed by atoms with Crippen LogP contribution in [-0.2, 0) is 0 Å². The molecule has 0 fully saturated rings. The number of nitrogens with zero attached hydrogens (tertiary/aromatic N) is 2. The van der Waals surface area contributed by atoms with Crippen molar-refractivity contribution in [3.63, 3.8) is 0 Å². The van der Waals surface area contributed by atoms with Crippen LogP contribution in [0.15, 0.2) is 33.5 Å². The Labute approximate surface area is 98.9 Å². The smallest absolute Gasteiger partial charge is 0.149 e. The van der Waals surface area contributed by atoms with E-state index < -0.39 is 0 Å². The highest BCUT2D eigenvalue weighted by Gasteiger charge is 2.02. The molecule has 0 bridgehead atoms. The maximum Gasteiger partial charge on any atom is 0.149 e. The molecule has 3 nitrogen and oxygen atoms in total. The van der Waals surface area contributed by atoms with Gasteiger partial charge in [-0.15, -0.1) is 0 Å². The Morgan fingerprint density at radius 1 is 1.31 bits per heavy atom. The molecule has 0 saturated carbocycles. The number of aliphatic imine (C=N–C) groups is 2. The van der Waals surface area contributed by atoms with Crippen LogP contribution in [0.4, 0.5) is 0 Å². The third kappa shape index (κ3) is 6.17. The summed E-state index contributed by atoms with van der Waals surface area (Å²) in [5.41, 5.74) is 7.72. The van der Waals surface area contributed by atoms with E-state index in [0.29, 0.717) is 11.8 Å². The highest BCUT2D eigenvalue weighted by Crippen LogP contribution is 2.06. The first-order valence-corrected chi connectivity index (χ1v) is 5.69. The van der Waals surface area contributed by atoms with Crippen LogP contribution in [0.5, 0.6) is 0 Å². The lowest BCUT2D eigenvalue weighted by Gasteiger charge is -2.03. The third-order valence-corrected chi connectivity index (χ3v) is 1.77. The summed E-state index contributed by atoms with van der Waals surface area (Å²) in [7, 11) is 0. The van der Waals surface area contributed by atoms with Crippen molar-refractivity contribution >= 4 is 12.1 Å². The molecule has 3 heteroatoms. The van der Waals surface area contributed by atoms with Gasteiger partial charge >= 0.3 is 0 Å². The molecule has 0 saturated heterocycles. The first-order chi connectivity index (χ1) is 7.49. The minimum Gasteiger partial charge on any atom is -0.382 e. The lowest BCUT2D eigenvalue weighted by molar-refractivity contribution is 0.905. The van der Waals surface area contributed by atoms with Crippen molar-refractivity contribution in [2.75, 3.05) is 0 Å². The highest BCUT2D eigenvalue weighted by molar-refractivity contribution is 5.98. The zero-order valence-corrected chi connectivity index (χ0v) is 11.0. The Hall–Kier alpha value is -1.38. The van der Waals surface area contributed by atoms with Gasteiger partial charge < -0.3 is 5.73 Å². The normalized spacial score (nSPS) is 13.0. The second-order valence-electron chi connectivity index (χ2n) is 4.18. The minimum absolute atomic E-state index is 0.410. The summed E-state index contributed by atoms with van der Waals surface area (Å²) in [6.07, 6.45) is 6.52. The topological polar surface area (TPSA) is 50.7 Å². The molecule has 0 amide bonds. The molecule has 90 valence electrons. The van der Waals surface area contributed by atoms with E-state index in [1.807, 2.05) is 26.1 Å². The van der Waals surface area contributed by atoms with E-state index in [-0.39, 0.29) is 0 Å². The van der Waals surface area contributed by atoms with Gasteiger partial charge in [0.1, 0.15) is 11.5 Å². The van der Waals surface area contributed by atoms with Crippen LogP contribution in [0.1, 0.15) is 41.0 Å². The van der Waals surface area contributed by atoms with Crippen LogP contribution in [0.25, 0.3) is 0 Å². The third-order valence-electron chi connectivity index (χ3n) is 1.77. The van der Waals surface area contributed by atoms with Crippen LogP contribution in [0.2, 0.25) is 0 Å². The van der Waals surface area contributed by atoms with E-state index in [2.05, 4.69) is 30.8 Å². The van der Waals surface area contributed by atoms with E-state index >= 15 is 0 Å². The van der Waals surface area contributed by atoms with E-state index in [4.69, 9.17) is 5.73 Å². The van der Waals surface area contributed by atoms with Gasteiger partial charge in [0.15, 0.2) is 0 Å². The number of hydrogen-bond acceptors (Lipinski definition) is 2. The highest BCUT2D eigenvalue weighted by atomic mass is 14.9. The van der Waals surface area contributed by atoms with E-state index in [9.17, 15) is 0 Å². The van der Waals surface area contributed by atoms with E-state index in [1.165, 1.54) is 0 Å². The van der Waals surface area contributed by atoms with Gasteiger partial charge in [0.25, 0.3) is 0 Å². The number of rotatable bonds is 5. The predicted molar refractivity (Wildman–Crippen MR) is 72.8 cm³/mol. The average Bonchev–Trinajstić information content (AvgIpc) is 2.17. The summed E-state index contributed by atoms with van der Waals surface area (Å²) in [6, 6.07) is 0. The summed E-state index contributed by atoms with van der Waals surface area (Å²) < 4.78 is 0. The van der Waals surface area contributed by atoms with Gasteiger partial charge in [-0.25, -0.2) is 4.99 Å². The maximum absolute atomic E-state index is 5.87. The van der Waals surface area contributed by atoms with Crippen molar-refractivity contribution < 1.29 is 0 Å². The van der Waals surface area contributed by atoms with E-state index in [1.54, 1.807) is 6.20 Å². The largest absolute Gasteiger partial charge is 0.382 e. The molecular formula is C13H23N3. The zero-order chi connectivity index (χ0) is 12.6. The number of amidine groups is 1. The van der Waals surface area contributed by atoms with Crippen LogP contribution in [-0.4, -0.2) is 12.1 Å². The predicted octanol–water partition coefficient (Wildman–Crippen LogP) is 3.29. The Morgan fingerprint density at radius 3 is 2.38 bits per heavy atom. The molecule has 0 aliphatic carbocycles. The molecule has 0 spiro atoms. The Kier molecular flexibility index (Phi) is 7.18. The van der Waals surface area contributed by atoms with Crippen LogP contribution < -0.4 is 5.73 Å². The number of hydrogen-bond donors (Lipinski definition) is 1. The second kappa shape index (κ2) is 7.85. The summed E-state index contributed by atoms with van der Waals surface area (Å²) in [5, 5.41) is 0. The fraction of sp³-hybridized carbons (Fsp3) is 0.538. The molecule has 0 aromatic carbocycles. The summed E-state index contributed by atoms with van der Waals surface area (Å²) in [5.74, 6) is 0.884. The summed E-state index contributed by atoms with van der Waals surface area (Å²) in [4.78, 5) is 8.52. The first-order valence-electron chi connectivity index (χ1n) is 5.69. The van der Waals surface area contributed by atoms with Gasteiger partial charge in [0.2, 0.25) is 0 Å². The number of allylic oxidation sites excluding steroid dienone is 2. The quantitative estimate of drug-likeness (QED) is 0.562.